The van der Waals surface area contributed by atoms with E-state index in [0.29, 0.717) is 30.8 Å². The highest BCUT2D eigenvalue weighted by Gasteiger charge is 2.37. The van der Waals surface area contributed by atoms with Gasteiger partial charge in [0, 0.05) is 24.2 Å². The summed E-state index contributed by atoms with van der Waals surface area (Å²) in [6, 6.07) is 0. The van der Waals surface area contributed by atoms with Gasteiger partial charge in [0.15, 0.2) is 0 Å². The molecule has 1 rings (SSSR count). The molecule has 0 bridgehead atoms. The van der Waals surface area contributed by atoms with E-state index in [-0.39, 0.29) is 11.8 Å². The zero-order chi connectivity index (χ0) is 14.4. The number of amides is 1. The minimum Gasteiger partial charge on any atom is -0.330 e. The van der Waals surface area contributed by atoms with Crippen molar-refractivity contribution in [2.24, 2.45) is 29.4 Å². The summed E-state index contributed by atoms with van der Waals surface area (Å²) < 4.78 is 1.41. The number of carbonyl (C=O) groups is 1. The maximum atomic E-state index is 12.5. The predicted molar refractivity (Wildman–Crippen MR) is 80.7 cm³/mol. The minimum atomic E-state index is 0.110. The summed E-state index contributed by atoms with van der Waals surface area (Å²) in [7, 11) is 0. The van der Waals surface area contributed by atoms with Crippen LogP contribution in [0.3, 0.4) is 0 Å². The Hall–Kier alpha value is -0.280. The zero-order valence-electron chi connectivity index (χ0n) is 12.6. The third-order valence-electron chi connectivity index (χ3n) is 4.39. The molecule has 0 radical (unpaired) electrons. The van der Waals surface area contributed by atoms with Crippen LogP contribution in [0.2, 0.25) is 0 Å². The van der Waals surface area contributed by atoms with Crippen molar-refractivity contribution < 1.29 is 4.79 Å². The van der Waals surface area contributed by atoms with E-state index in [1.165, 1.54) is 10.8 Å². The Morgan fingerprint density at radius 1 is 1.37 bits per heavy atom. The summed E-state index contributed by atoms with van der Waals surface area (Å²) >= 11 is 6.16. The van der Waals surface area contributed by atoms with E-state index in [2.05, 4.69) is 20.8 Å². The number of hydrogen-bond acceptors (Lipinski definition) is 2. The third-order valence-corrected chi connectivity index (χ3v) is 4.72. The maximum Gasteiger partial charge on any atom is 0.240 e. The zero-order valence-corrected chi connectivity index (χ0v) is 13.3. The van der Waals surface area contributed by atoms with Crippen LogP contribution in [0, 0.1) is 23.7 Å². The Morgan fingerprint density at radius 2 is 2.05 bits per heavy atom. The molecule has 3 nitrogen and oxygen atoms in total. The lowest BCUT2D eigenvalue weighted by Gasteiger charge is -2.37. The lowest BCUT2D eigenvalue weighted by Crippen LogP contribution is -2.39. The Morgan fingerprint density at radius 3 is 2.63 bits per heavy atom. The van der Waals surface area contributed by atoms with Gasteiger partial charge >= 0.3 is 0 Å². The Kier molecular flexibility index (Phi) is 7.16. The van der Waals surface area contributed by atoms with E-state index >= 15 is 0 Å². The van der Waals surface area contributed by atoms with Crippen molar-refractivity contribution in [3.8, 4) is 0 Å². The van der Waals surface area contributed by atoms with Crippen LogP contribution < -0.4 is 5.73 Å². The van der Waals surface area contributed by atoms with Crippen molar-refractivity contribution in [1.82, 2.24) is 4.42 Å². The number of hydrogen-bond donors (Lipinski definition) is 1. The highest BCUT2D eigenvalue weighted by molar-refractivity contribution is 6.21. The van der Waals surface area contributed by atoms with Gasteiger partial charge < -0.3 is 5.73 Å². The van der Waals surface area contributed by atoms with Crippen molar-refractivity contribution in [2.75, 3.05) is 13.1 Å². The van der Waals surface area contributed by atoms with Crippen LogP contribution in [0.4, 0.5) is 0 Å². The quantitative estimate of drug-likeness (QED) is 0.601. The minimum absolute atomic E-state index is 0.110. The Bertz CT molecular complexity index is 283. The van der Waals surface area contributed by atoms with E-state index in [1.54, 1.807) is 0 Å². The van der Waals surface area contributed by atoms with Crippen LogP contribution in [-0.2, 0) is 4.79 Å². The normalized spacial score (nSPS) is 27.6. The molecule has 19 heavy (non-hydrogen) atoms. The first-order chi connectivity index (χ1) is 8.97. The molecule has 0 saturated heterocycles. The lowest BCUT2D eigenvalue weighted by molar-refractivity contribution is -0.135. The number of halogens is 1. The molecule has 1 aliphatic carbocycles. The first-order valence-corrected chi connectivity index (χ1v) is 7.98. The van der Waals surface area contributed by atoms with Crippen LogP contribution in [0.5, 0.6) is 0 Å². The highest BCUT2D eigenvalue weighted by atomic mass is 35.5. The summed E-state index contributed by atoms with van der Waals surface area (Å²) in [4.78, 5) is 12.5. The number of rotatable bonds is 6. The molecule has 1 amide bonds. The molecule has 1 fully saturated rings. The van der Waals surface area contributed by atoms with Crippen LogP contribution in [0.15, 0.2) is 0 Å². The molecule has 0 aromatic rings. The van der Waals surface area contributed by atoms with Crippen molar-refractivity contribution in [1.29, 1.82) is 0 Å². The fourth-order valence-electron chi connectivity index (χ4n) is 3.17. The predicted octanol–water partition coefficient (Wildman–Crippen LogP) is 3.42. The van der Waals surface area contributed by atoms with Gasteiger partial charge in [0.05, 0.1) is 0 Å². The molecule has 4 heteroatoms. The molecule has 3 atom stereocenters. The van der Waals surface area contributed by atoms with Crippen molar-refractivity contribution in [2.45, 2.75) is 52.9 Å². The lowest BCUT2D eigenvalue weighted by atomic mass is 9.70. The van der Waals surface area contributed by atoms with Gasteiger partial charge in [-0.05, 0) is 50.0 Å². The number of carbonyl (C=O) groups excluding carboxylic acids is 1. The Labute approximate surface area is 123 Å². The second kappa shape index (κ2) is 8.11. The Balaban J connectivity index is 2.59. The molecule has 0 aromatic heterocycles. The van der Waals surface area contributed by atoms with E-state index in [1.807, 2.05) is 0 Å². The van der Waals surface area contributed by atoms with Gasteiger partial charge in [-0.15, -0.1) is 0 Å². The fraction of sp³-hybridized carbons (Fsp3) is 0.933. The van der Waals surface area contributed by atoms with Gasteiger partial charge in [-0.3, -0.25) is 9.21 Å². The van der Waals surface area contributed by atoms with Crippen molar-refractivity contribution >= 4 is 17.7 Å². The van der Waals surface area contributed by atoms with E-state index in [9.17, 15) is 4.79 Å². The number of nitrogens with two attached hydrogens (primary N) is 1. The largest absolute Gasteiger partial charge is 0.330 e. The topological polar surface area (TPSA) is 46.3 Å². The van der Waals surface area contributed by atoms with Gasteiger partial charge in [-0.1, -0.05) is 27.2 Å². The second-order valence-electron chi connectivity index (χ2n) is 6.35. The number of nitrogens with zero attached hydrogens (tertiary/aromatic N) is 1. The monoisotopic (exact) mass is 288 g/mol. The van der Waals surface area contributed by atoms with Crippen LogP contribution in [0.1, 0.15) is 52.9 Å². The molecule has 0 unspecified atom stereocenters. The standard InChI is InChI=1S/C15H29ClN2O/c1-11(2)13-7-6-12(3)10-14(13)15(19)18(16)9-5-4-8-17/h11-14H,4-10,17H2,1-3H3/t12-,13+,14-/m1/s1. The van der Waals surface area contributed by atoms with Crippen LogP contribution in [-0.4, -0.2) is 23.4 Å². The summed E-state index contributed by atoms with van der Waals surface area (Å²) in [6.07, 6.45) is 5.19. The molecule has 0 heterocycles. The van der Waals surface area contributed by atoms with Crippen molar-refractivity contribution in [3.05, 3.63) is 0 Å². The molecule has 1 aliphatic rings. The summed E-state index contributed by atoms with van der Waals surface area (Å²) in [5.74, 6) is 1.91. The SMILES string of the molecule is CC(C)[C@@H]1CC[C@@H](C)C[C@H]1C(=O)N(Cl)CCCCN. The molecule has 1 saturated carbocycles. The van der Waals surface area contributed by atoms with E-state index in [0.717, 1.165) is 25.7 Å². The molecular formula is C15H29ClN2O. The molecule has 112 valence electrons. The van der Waals surface area contributed by atoms with E-state index < -0.39 is 0 Å². The fourth-order valence-corrected chi connectivity index (χ4v) is 3.42. The summed E-state index contributed by atoms with van der Waals surface area (Å²) in [5, 5.41) is 0. The maximum absolute atomic E-state index is 12.5. The van der Waals surface area contributed by atoms with E-state index in [4.69, 9.17) is 17.5 Å². The first kappa shape index (κ1) is 16.8. The molecule has 2 N–H and O–H groups in total. The molecular weight excluding hydrogens is 260 g/mol. The first-order valence-electron chi connectivity index (χ1n) is 7.64. The van der Waals surface area contributed by atoms with Gasteiger partial charge in [0.1, 0.15) is 0 Å². The van der Waals surface area contributed by atoms with Crippen LogP contribution >= 0.6 is 11.8 Å². The van der Waals surface area contributed by atoms with Gasteiger partial charge in [-0.25, -0.2) is 0 Å². The summed E-state index contributed by atoms with van der Waals surface area (Å²) in [5.41, 5.74) is 5.47. The molecule has 0 aliphatic heterocycles. The second-order valence-corrected chi connectivity index (χ2v) is 6.76. The molecule has 0 aromatic carbocycles. The van der Waals surface area contributed by atoms with Gasteiger partial charge in [0.25, 0.3) is 0 Å². The van der Waals surface area contributed by atoms with Gasteiger partial charge in [0.2, 0.25) is 5.91 Å². The van der Waals surface area contributed by atoms with Crippen molar-refractivity contribution in [3.63, 3.8) is 0 Å². The smallest absolute Gasteiger partial charge is 0.240 e. The summed E-state index contributed by atoms with van der Waals surface area (Å²) in [6.45, 7) is 7.95. The average molecular weight is 289 g/mol. The highest BCUT2D eigenvalue weighted by Crippen LogP contribution is 2.39. The third kappa shape index (κ3) is 4.96. The number of unbranched alkanes of at least 4 members (excludes halogenated alkanes) is 1. The average Bonchev–Trinajstić information content (AvgIpc) is 2.37. The van der Waals surface area contributed by atoms with Gasteiger partial charge in [-0.2, -0.15) is 0 Å². The molecule has 0 spiro atoms. The van der Waals surface area contributed by atoms with Crippen LogP contribution in [0.25, 0.3) is 0 Å².